The number of carbonyl (C=O) groups is 1. The summed E-state index contributed by atoms with van der Waals surface area (Å²) in [5.74, 6) is 1.01. The van der Waals surface area contributed by atoms with Gasteiger partial charge in [0.25, 0.3) is 0 Å². The van der Waals surface area contributed by atoms with E-state index in [9.17, 15) is 14.7 Å². The van der Waals surface area contributed by atoms with Crippen LogP contribution in [0.4, 0.5) is 10.6 Å². The Balaban J connectivity index is 1.67. The molecule has 2 aliphatic rings. The smallest absolute Gasteiger partial charge is 0.407 e. The van der Waals surface area contributed by atoms with Crippen LogP contribution < -0.4 is 10.6 Å². The van der Waals surface area contributed by atoms with Crippen molar-refractivity contribution in [3.05, 3.63) is 70.2 Å². The van der Waals surface area contributed by atoms with Gasteiger partial charge in [0.1, 0.15) is 5.82 Å². The lowest BCUT2D eigenvalue weighted by atomic mass is 10.0. The molecule has 0 spiro atoms. The lowest BCUT2D eigenvalue weighted by Crippen LogP contribution is -2.54. The number of rotatable bonds is 5. The Bertz CT molecular complexity index is 1660. The van der Waals surface area contributed by atoms with Crippen LogP contribution in [0.5, 0.6) is 0 Å². The third kappa shape index (κ3) is 4.47. The van der Waals surface area contributed by atoms with Crippen LogP contribution in [-0.2, 0) is 0 Å². The van der Waals surface area contributed by atoms with Crippen molar-refractivity contribution in [2.24, 2.45) is 0 Å². The zero-order chi connectivity index (χ0) is 28.1. The highest BCUT2D eigenvalue weighted by molar-refractivity contribution is 5.92. The largest absolute Gasteiger partial charge is 0.465 e. The maximum Gasteiger partial charge on any atom is 0.407 e. The van der Waals surface area contributed by atoms with Gasteiger partial charge in [0, 0.05) is 49.8 Å². The number of anilines is 1. The molecule has 0 aromatic carbocycles. The standard InChI is InChI=1S/C30H33N7O3/c1-17(2)24-26(18(3)9-11-32-24)37-28-23(14-22(20-7-8-20)25(33-28)21-6-5-10-31-15-21)27(34-29(37)38)36-13-12-35(30(39)40)16-19(36)4/h5-6,9-11,14-15,17,19-20H,7-8,12-13,16H2,1-4H3,(H,39,40)/t19-/m0/s1. The molecule has 1 atom stereocenters. The van der Waals surface area contributed by atoms with Crippen LogP contribution in [0.15, 0.2) is 47.7 Å². The van der Waals surface area contributed by atoms with Gasteiger partial charge in [-0.2, -0.15) is 4.98 Å². The van der Waals surface area contributed by atoms with Gasteiger partial charge in [-0.25, -0.2) is 19.1 Å². The summed E-state index contributed by atoms with van der Waals surface area (Å²) in [6, 6.07) is 7.79. The fourth-order valence-electron chi connectivity index (χ4n) is 5.74. The first kappa shape index (κ1) is 25.9. The second-order valence-corrected chi connectivity index (χ2v) is 11.2. The minimum Gasteiger partial charge on any atom is -0.465 e. The van der Waals surface area contributed by atoms with Crippen molar-refractivity contribution in [2.45, 2.75) is 58.4 Å². The van der Waals surface area contributed by atoms with Crippen molar-refractivity contribution in [3.63, 3.8) is 0 Å². The fraction of sp³-hybridized carbons (Fsp3) is 0.400. The van der Waals surface area contributed by atoms with Crippen molar-refractivity contribution in [2.75, 3.05) is 24.5 Å². The van der Waals surface area contributed by atoms with Gasteiger partial charge in [0.05, 0.1) is 22.5 Å². The molecule has 0 unspecified atom stereocenters. The molecular formula is C30H33N7O3. The van der Waals surface area contributed by atoms with Crippen molar-refractivity contribution >= 4 is 22.9 Å². The Morgan fingerprint density at radius 2 is 1.93 bits per heavy atom. The molecule has 1 aliphatic heterocycles. The predicted molar refractivity (Wildman–Crippen MR) is 153 cm³/mol. The number of carboxylic acid groups (broad SMARTS) is 1. The maximum atomic E-state index is 14.0. The van der Waals surface area contributed by atoms with Gasteiger partial charge < -0.3 is 14.9 Å². The van der Waals surface area contributed by atoms with Gasteiger partial charge in [-0.1, -0.05) is 13.8 Å². The molecule has 4 aromatic rings. The Kier molecular flexibility index (Phi) is 6.48. The third-order valence-corrected chi connectivity index (χ3v) is 7.92. The van der Waals surface area contributed by atoms with Crippen molar-refractivity contribution < 1.29 is 9.90 Å². The number of fused-ring (bicyclic) bond motifs is 1. The molecule has 1 amide bonds. The fourth-order valence-corrected chi connectivity index (χ4v) is 5.74. The van der Waals surface area contributed by atoms with Gasteiger partial charge in [0.15, 0.2) is 5.65 Å². The SMILES string of the molecule is Cc1ccnc(C(C)C)c1-n1c(=O)nc(N2CCN(C(=O)O)C[C@@H]2C)c2cc(C3CC3)c(-c3cccnc3)nc21. The molecule has 0 bridgehead atoms. The van der Waals surface area contributed by atoms with E-state index in [-0.39, 0.29) is 12.0 Å². The minimum absolute atomic E-state index is 0.0733. The lowest BCUT2D eigenvalue weighted by molar-refractivity contribution is 0.136. The monoisotopic (exact) mass is 539 g/mol. The quantitative estimate of drug-likeness (QED) is 0.387. The topological polar surface area (TPSA) is 117 Å². The van der Waals surface area contributed by atoms with Gasteiger partial charge in [-0.05, 0) is 73.9 Å². The molecule has 1 saturated heterocycles. The number of hydrogen-bond acceptors (Lipinski definition) is 7. The molecular weight excluding hydrogens is 506 g/mol. The maximum absolute atomic E-state index is 14.0. The highest BCUT2D eigenvalue weighted by Gasteiger charge is 2.33. The Hall–Kier alpha value is -4.34. The van der Waals surface area contributed by atoms with E-state index in [1.807, 2.05) is 38.2 Å². The van der Waals surface area contributed by atoms with E-state index in [4.69, 9.17) is 4.98 Å². The molecule has 1 N–H and O–H groups in total. The van der Waals surface area contributed by atoms with Crippen molar-refractivity contribution in [1.29, 1.82) is 0 Å². The molecule has 1 saturated carbocycles. The molecule has 6 rings (SSSR count). The Morgan fingerprint density at radius 3 is 2.58 bits per heavy atom. The summed E-state index contributed by atoms with van der Waals surface area (Å²) < 4.78 is 1.62. The molecule has 40 heavy (non-hydrogen) atoms. The van der Waals surface area contributed by atoms with E-state index in [0.717, 1.165) is 46.3 Å². The average molecular weight is 540 g/mol. The van der Waals surface area contributed by atoms with Crippen LogP contribution >= 0.6 is 0 Å². The summed E-state index contributed by atoms with van der Waals surface area (Å²) in [7, 11) is 0. The molecule has 4 aromatic heterocycles. The zero-order valence-corrected chi connectivity index (χ0v) is 23.2. The average Bonchev–Trinajstić information content (AvgIpc) is 3.78. The van der Waals surface area contributed by atoms with Crippen LogP contribution in [0.25, 0.3) is 28.0 Å². The molecule has 206 valence electrons. The molecule has 10 nitrogen and oxygen atoms in total. The van der Waals surface area contributed by atoms with Crippen molar-refractivity contribution in [3.8, 4) is 16.9 Å². The van der Waals surface area contributed by atoms with Crippen LogP contribution in [0.2, 0.25) is 0 Å². The first-order valence-corrected chi connectivity index (χ1v) is 13.8. The molecule has 0 radical (unpaired) electrons. The summed E-state index contributed by atoms with van der Waals surface area (Å²) in [6.07, 6.45) is 6.54. The molecule has 5 heterocycles. The van der Waals surface area contributed by atoms with Crippen LogP contribution in [-0.4, -0.2) is 66.3 Å². The summed E-state index contributed by atoms with van der Waals surface area (Å²) >= 11 is 0. The number of piperazine rings is 1. The summed E-state index contributed by atoms with van der Waals surface area (Å²) in [6.45, 7) is 9.16. The molecule has 10 heteroatoms. The number of nitrogens with zero attached hydrogens (tertiary/aromatic N) is 7. The first-order valence-electron chi connectivity index (χ1n) is 13.8. The summed E-state index contributed by atoms with van der Waals surface area (Å²) in [4.78, 5) is 48.0. The van der Waals surface area contributed by atoms with Crippen LogP contribution in [0.1, 0.15) is 62.3 Å². The van der Waals surface area contributed by atoms with Gasteiger partial charge in [-0.15, -0.1) is 0 Å². The Labute approximate surface area is 232 Å². The summed E-state index contributed by atoms with van der Waals surface area (Å²) in [5.41, 5.74) is 5.36. The number of amides is 1. The van der Waals surface area contributed by atoms with E-state index < -0.39 is 11.8 Å². The number of hydrogen-bond donors (Lipinski definition) is 1. The first-order chi connectivity index (χ1) is 19.2. The highest BCUT2D eigenvalue weighted by atomic mass is 16.4. The number of pyridine rings is 3. The molecule has 1 aliphatic carbocycles. The van der Waals surface area contributed by atoms with Gasteiger partial charge >= 0.3 is 11.8 Å². The third-order valence-electron chi connectivity index (χ3n) is 7.92. The predicted octanol–water partition coefficient (Wildman–Crippen LogP) is 4.74. The van der Waals surface area contributed by atoms with E-state index in [2.05, 4.69) is 39.8 Å². The minimum atomic E-state index is -0.938. The van der Waals surface area contributed by atoms with E-state index >= 15 is 0 Å². The Morgan fingerprint density at radius 1 is 1.12 bits per heavy atom. The van der Waals surface area contributed by atoms with Crippen LogP contribution in [0.3, 0.4) is 0 Å². The van der Waals surface area contributed by atoms with E-state index in [0.29, 0.717) is 42.7 Å². The number of aromatic nitrogens is 5. The zero-order valence-electron chi connectivity index (χ0n) is 23.2. The summed E-state index contributed by atoms with van der Waals surface area (Å²) in [5, 5.41) is 10.3. The van der Waals surface area contributed by atoms with Crippen molar-refractivity contribution in [1.82, 2.24) is 29.4 Å². The van der Waals surface area contributed by atoms with Gasteiger partial charge in [-0.3, -0.25) is 9.97 Å². The van der Waals surface area contributed by atoms with E-state index in [1.54, 1.807) is 17.0 Å². The second kappa shape index (κ2) is 10.0. The second-order valence-electron chi connectivity index (χ2n) is 11.2. The highest BCUT2D eigenvalue weighted by Crippen LogP contribution is 2.45. The normalized spacial score (nSPS) is 17.6. The number of aryl methyl sites for hydroxylation is 1. The lowest BCUT2D eigenvalue weighted by Gasteiger charge is -2.39. The van der Waals surface area contributed by atoms with E-state index in [1.165, 1.54) is 4.90 Å². The molecule has 2 fully saturated rings. The van der Waals surface area contributed by atoms with Gasteiger partial charge in [0.2, 0.25) is 0 Å². The van der Waals surface area contributed by atoms with Crippen LogP contribution in [0, 0.1) is 6.92 Å².